The molecule has 1 saturated heterocycles. The lowest BCUT2D eigenvalue weighted by atomic mass is 10.1. The number of carbonyl (C=O) groups is 1. The fraction of sp³-hybridized carbons (Fsp3) is 0.450. The van der Waals surface area contributed by atoms with Crippen LogP contribution in [0, 0.1) is 6.92 Å². The number of ether oxygens (including phenoxy) is 1. The first-order chi connectivity index (χ1) is 13.3. The summed E-state index contributed by atoms with van der Waals surface area (Å²) in [6.45, 7) is 2.59. The van der Waals surface area contributed by atoms with Crippen molar-refractivity contribution in [1.82, 2.24) is 4.90 Å². The van der Waals surface area contributed by atoms with E-state index in [-0.39, 0.29) is 36.4 Å². The van der Waals surface area contributed by atoms with Gasteiger partial charge < -0.3 is 14.1 Å². The van der Waals surface area contributed by atoms with Gasteiger partial charge in [-0.1, -0.05) is 11.6 Å². The van der Waals surface area contributed by atoms with Gasteiger partial charge in [-0.15, -0.1) is 0 Å². The SMILES string of the molecule is Cc1cc(Cl)ccc1OCCCC(=O)N(Cc1ccco1)[C@H]1CCS(=O)(=O)C1. The van der Waals surface area contributed by atoms with Crippen LogP contribution in [0.25, 0.3) is 0 Å². The summed E-state index contributed by atoms with van der Waals surface area (Å²) in [7, 11) is -3.08. The Balaban J connectivity index is 1.56. The molecule has 0 spiro atoms. The lowest BCUT2D eigenvalue weighted by Gasteiger charge is -2.27. The molecular formula is C20H24ClNO5S. The summed E-state index contributed by atoms with van der Waals surface area (Å²) in [5, 5.41) is 0.653. The Labute approximate surface area is 170 Å². The second-order valence-electron chi connectivity index (χ2n) is 7.02. The van der Waals surface area contributed by atoms with Crippen molar-refractivity contribution in [3.05, 3.63) is 52.9 Å². The van der Waals surface area contributed by atoms with Gasteiger partial charge in [0.2, 0.25) is 5.91 Å². The zero-order chi connectivity index (χ0) is 20.1. The fourth-order valence-electron chi connectivity index (χ4n) is 3.34. The van der Waals surface area contributed by atoms with Crippen LogP contribution in [0.5, 0.6) is 5.75 Å². The summed E-state index contributed by atoms with van der Waals surface area (Å²) < 4.78 is 34.8. The van der Waals surface area contributed by atoms with E-state index in [0.717, 1.165) is 11.3 Å². The van der Waals surface area contributed by atoms with Crippen LogP contribution in [0.3, 0.4) is 0 Å². The molecule has 1 aliphatic rings. The van der Waals surface area contributed by atoms with Crippen molar-refractivity contribution in [3.8, 4) is 5.75 Å². The maximum absolute atomic E-state index is 12.8. The summed E-state index contributed by atoms with van der Waals surface area (Å²) in [6, 6.07) is 8.64. The molecule has 1 aromatic heterocycles. The summed E-state index contributed by atoms with van der Waals surface area (Å²) in [5.74, 6) is 1.44. The molecule has 1 aliphatic heterocycles. The third kappa shape index (κ3) is 5.52. The van der Waals surface area contributed by atoms with E-state index in [0.29, 0.717) is 30.2 Å². The van der Waals surface area contributed by atoms with Crippen LogP contribution in [-0.4, -0.2) is 43.4 Å². The van der Waals surface area contributed by atoms with Gasteiger partial charge in [-0.25, -0.2) is 8.42 Å². The Bertz CT molecular complexity index is 911. The van der Waals surface area contributed by atoms with Gasteiger partial charge in [0.1, 0.15) is 11.5 Å². The van der Waals surface area contributed by atoms with E-state index in [4.69, 9.17) is 20.8 Å². The van der Waals surface area contributed by atoms with Gasteiger partial charge in [0.25, 0.3) is 0 Å². The molecule has 1 amide bonds. The predicted octanol–water partition coefficient (Wildman–Crippen LogP) is 3.62. The maximum Gasteiger partial charge on any atom is 0.223 e. The molecule has 1 atom stereocenters. The van der Waals surface area contributed by atoms with E-state index in [1.54, 1.807) is 29.4 Å². The number of furan rings is 1. The summed E-state index contributed by atoms with van der Waals surface area (Å²) >= 11 is 5.94. The zero-order valence-corrected chi connectivity index (χ0v) is 17.3. The molecule has 6 nitrogen and oxygen atoms in total. The van der Waals surface area contributed by atoms with Gasteiger partial charge >= 0.3 is 0 Å². The third-order valence-corrected chi connectivity index (χ3v) is 6.79. The molecule has 1 aromatic carbocycles. The molecule has 0 aliphatic carbocycles. The van der Waals surface area contributed by atoms with Gasteiger partial charge in [0.05, 0.1) is 30.9 Å². The summed E-state index contributed by atoms with van der Waals surface area (Å²) in [6.07, 6.45) is 2.83. The van der Waals surface area contributed by atoms with Crippen LogP contribution in [0.1, 0.15) is 30.6 Å². The molecule has 1 fully saturated rings. The first kappa shape index (κ1) is 20.7. The molecule has 152 valence electrons. The van der Waals surface area contributed by atoms with Crippen molar-refractivity contribution in [2.75, 3.05) is 18.1 Å². The van der Waals surface area contributed by atoms with Crippen LogP contribution in [0.2, 0.25) is 5.02 Å². The monoisotopic (exact) mass is 425 g/mol. The van der Waals surface area contributed by atoms with Gasteiger partial charge in [-0.05, 0) is 55.7 Å². The third-order valence-electron chi connectivity index (χ3n) is 4.81. The summed E-state index contributed by atoms with van der Waals surface area (Å²) in [5.41, 5.74) is 0.939. The molecule has 0 saturated carbocycles. The Morgan fingerprint density at radius 2 is 2.18 bits per heavy atom. The lowest BCUT2D eigenvalue weighted by Crippen LogP contribution is -2.40. The van der Waals surface area contributed by atoms with Crippen LogP contribution >= 0.6 is 11.6 Å². The Kier molecular flexibility index (Phi) is 6.67. The first-order valence-corrected chi connectivity index (χ1v) is 11.5. The van der Waals surface area contributed by atoms with Gasteiger partial charge in [0, 0.05) is 17.5 Å². The Hall–Kier alpha value is -1.99. The number of nitrogens with zero attached hydrogens (tertiary/aromatic N) is 1. The highest BCUT2D eigenvalue weighted by atomic mass is 35.5. The van der Waals surface area contributed by atoms with Gasteiger partial charge in [-0.3, -0.25) is 4.79 Å². The molecule has 2 heterocycles. The second-order valence-corrected chi connectivity index (χ2v) is 9.68. The first-order valence-electron chi connectivity index (χ1n) is 9.25. The molecule has 0 bridgehead atoms. The van der Waals surface area contributed by atoms with E-state index in [9.17, 15) is 13.2 Å². The highest BCUT2D eigenvalue weighted by Gasteiger charge is 2.34. The van der Waals surface area contributed by atoms with Crippen LogP contribution < -0.4 is 4.74 Å². The van der Waals surface area contributed by atoms with Gasteiger partial charge in [0.15, 0.2) is 9.84 Å². The Morgan fingerprint density at radius 3 is 2.82 bits per heavy atom. The highest BCUT2D eigenvalue weighted by molar-refractivity contribution is 7.91. The van der Waals surface area contributed by atoms with E-state index >= 15 is 0 Å². The number of hydrogen-bond acceptors (Lipinski definition) is 5. The molecule has 28 heavy (non-hydrogen) atoms. The molecular weight excluding hydrogens is 402 g/mol. The van der Waals surface area contributed by atoms with Crippen molar-refractivity contribution in [3.63, 3.8) is 0 Å². The van der Waals surface area contributed by atoms with Crippen LogP contribution in [-0.2, 0) is 21.2 Å². The number of halogens is 1. The van der Waals surface area contributed by atoms with E-state index in [1.807, 2.05) is 19.1 Å². The average Bonchev–Trinajstić information content (AvgIpc) is 3.27. The van der Waals surface area contributed by atoms with Crippen LogP contribution in [0.15, 0.2) is 41.0 Å². The number of carbonyl (C=O) groups excluding carboxylic acids is 1. The number of sulfone groups is 1. The van der Waals surface area contributed by atoms with E-state index in [1.165, 1.54) is 0 Å². The number of rotatable bonds is 8. The highest BCUT2D eigenvalue weighted by Crippen LogP contribution is 2.23. The van der Waals surface area contributed by atoms with E-state index in [2.05, 4.69) is 0 Å². The maximum atomic E-state index is 12.8. The molecule has 0 N–H and O–H groups in total. The quantitative estimate of drug-likeness (QED) is 0.604. The van der Waals surface area contributed by atoms with Crippen molar-refractivity contribution >= 4 is 27.3 Å². The fourth-order valence-corrected chi connectivity index (χ4v) is 5.29. The molecule has 3 rings (SSSR count). The van der Waals surface area contributed by atoms with Crippen molar-refractivity contribution < 1.29 is 22.4 Å². The van der Waals surface area contributed by atoms with Gasteiger partial charge in [-0.2, -0.15) is 0 Å². The normalized spacial score (nSPS) is 18.1. The second kappa shape index (κ2) is 9.01. The number of hydrogen-bond donors (Lipinski definition) is 0. The number of amides is 1. The predicted molar refractivity (Wildman–Crippen MR) is 107 cm³/mol. The largest absolute Gasteiger partial charge is 0.493 e. The zero-order valence-electron chi connectivity index (χ0n) is 15.8. The minimum absolute atomic E-state index is 0.0138. The van der Waals surface area contributed by atoms with Crippen LogP contribution in [0.4, 0.5) is 0 Å². The van der Waals surface area contributed by atoms with E-state index < -0.39 is 9.84 Å². The standard InChI is InChI=1S/C20H24ClNO5S/c1-15-12-16(21)6-7-19(15)27-10-3-5-20(23)22(13-18-4-2-9-26-18)17-8-11-28(24,25)14-17/h2,4,6-7,9,12,17H,3,5,8,10-11,13-14H2,1H3/t17-/m0/s1. The number of benzene rings is 1. The Morgan fingerprint density at radius 1 is 1.36 bits per heavy atom. The van der Waals surface area contributed by atoms with Crippen molar-refractivity contribution in [1.29, 1.82) is 0 Å². The van der Waals surface area contributed by atoms with Crippen molar-refractivity contribution in [2.45, 2.75) is 38.8 Å². The topological polar surface area (TPSA) is 76.8 Å². The lowest BCUT2D eigenvalue weighted by molar-refractivity contribution is -0.134. The summed E-state index contributed by atoms with van der Waals surface area (Å²) in [4.78, 5) is 14.4. The molecule has 0 unspecified atom stereocenters. The number of aryl methyl sites for hydroxylation is 1. The minimum atomic E-state index is -3.08. The average molecular weight is 426 g/mol. The molecule has 0 radical (unpaired) electrons. The minimum Gasteiger partial charge on any atom is -0.493 e. The van der Waals surface area contributed by atoms with Crippen molar-refractivity contribution in [2.24, 2.45) is 0 Å². The molecule has 8 heteroatoms. The smallest absolute Gasteiger partial charge is 0.223 e. The molecule has 2 aromatic rings.